The highest BCUT2D eigenvalue weighted by atomic mass is 16.4. The number of aliphatic hydroxyl groups excluding tert-OH is 2. The van der Waals surface area contributed by atoms with E-state index in [1.54, 1.807) is 0 Å². The highest BCUT2D eigenvalue weighted by Crippen LogP contribution is 2.68. The van der Waals surface area contributed by atoms with Crippen LogP contribution in [0.15, 0.2) is 18.2 Å². The highest BCUT2D eigenvalue weighted by molar-refractivity contribution is 6.01. The van der Waals surface area contributed by atoms with Crippen molar-refractivity contribution in [3.8, 4) is 0 Å². The Kier molecular flexibility index (Phi) is 31.2. The number of amides is 3. The maximum atomic E-state index is 14.7. The third kappa shape index (κ3) is 24.9. The first-order valence-corrected chi connectivity index (χ1v) is 33.5. The van der Waals surface area contributed by atoms with Crippen LogP contribution in [0.25, 0.3) is 0 Å². The topological polar surface area (TPSA) is 558 Å². The Bertz CT molecular complexity index is 2890. The van der Waals surface area contributed by atoms with Crippen LogP contribution in [0, 0.1) is 46.3 Å². The molecule has 5 rings (SSSR count). The number of nitrogens with one attached hydrogen (secondary N) is 3. The Balaban J connectivity index is 1.45. The summed E-state index contributed by atoms with van der Waals surface area (Å²) in [7, 11) is 0. The average molecular weight is 1440 g/mol. The Morgan fingerprint density at radius 1 is 0.465 bits per heavy atom. The van der Waals surface area contributed by atoms with Gasteiger partial charge >= 0.3 is 65.7 Å². The molecular weight excluding hydrogens is 1340 g/mol. The number of hydrogen-bond donors (Lipinski definition) is 16. The van der Waals surface area contributed by atoms with Crippen molar-refractivity contribution >= 4 is 94.8 Å². The minimum Gasteiger partial charge on any atom is -0.481 e. The number of carboxylic acids is 11. The molecule has 0 aromatic heterocycles. The summed E-state index contributed by atoms with van der Waals surface area (Å²) in [4.78, 5) is 180. The Labute approximate surface area is 581 Å². The van der Waals surface area contributed by atoms with E-state index < -0.39 is 197 Å². The van der Waals surface area contributed by atoms with Gasteiger partial charge in [0.05, 0.1) is 64.6 Å². The van der Waals surface area contributed by atoms with Gasteiger partial charge in [0.25, 0.3) is 5.91 Å². The number of fused-ring (bicyclic) bond motifs is 5. The average Bonchev–Trinajstić information content (AvgIpc) is 1.67. The maximum Gasteiger partial charge on any atom is 0.320 e. The summed E-state index contributed by atoms with van der Waals surface area (Å²) in [5, 5.41) is 139. The summed E-state index contributed by atoms with van der Waals surface area (Å²) in [5.74, 6) is -18.2. The lowest BCUT2D eigenvalue weighted by molar-refractivity contribution is -0.202. The van der Waals surface area contributed by atoms with Crippen LogP contribution in [-0.2, 0) is 62.3 Å². The molecule has 0 saturated heterocycles. The van der Waals surface area contributed by atoms with Crippen LogP contribution in [0.3, 0.4) is 0 Å². The number of benzene rings is 1. The number of hydrogen-bond acceptors (Lipinski definition) is 22. The molecule has 4 saturated carbocycles. The van der Waals surface area contributed by atoms with Crippen LogP contribution in [0.1, 0.15) is 115 Å². The van der Waals surface area contributed by atoms with Crippen molar-refractivity contribution in [2.75, 3.05) is 115 Å². The first kappa shape index (κ1) is 83.1. The highest BCUT2D eigenvalue weighted by Gasteiger charge is 2.66. The SMILES string of the molecule is CC(CCC(=O)O)C1CCC2C3C(O)CC4CC(NC(=O)c5cc(NC(=O)CC[C@@H](C(=O)O)N(CCN(CC(=O)O)CC(=O)O)CCN(CC(=O)O)CC(=O)O)cc(NC(=O)CC[C@@H](C(=O)O)N(CCN(CC(=O)O)CC(=O)O)CCN(CC(=O)O)CC(=O)O)c5)CC[C@]4(C)C3C[C@H](O)[C@]12C. The third-order valence-corrected chi connectivity index (χ3v) is 20.9. The van der Waals surface area contributed by atoms with Crippen molar-refractivity contribution in [3.63, 3.8) is 0 Å². The molecular formula is C65H97N9O27. The second-order valence-electron chi connectivity index (χ2n) is 27.7. The predicted octanol–water partition coefficient (Wildman–Crippen LogP) is -0.281. The third-order valence-electron chi connectivity index (χ3n) is 20.9. The molecule has 3 amide bonds. The second kappa shape index (κ2) is 37.9. The lowest BCUT2D eigenvalue weighted by Gasteiger charge is -2.63. The molecule has 16 N–H and O–H groups in total. The van der Waals surface area contributed by atoms with Gasteiger partial charge in [-0.2, -0.15) is 0 Å². The molecule has 564 valence electrons. The van der Waals surface area contributed by atoms with Gasteiger partial charge in [0.1, 0.15) is 12.1 Å². The Hall–Kier alpha value is -8.52. The summed E-state index contributed by atoms with van der Waals surface area (Å²) in [5.41, 5.74) is -1.39. The first-order chi connectivity index (χ1) is 47.3. The number of aliphatic carboxylic acids is 11. The van der Waals surface area contributed by atoms with Gasteiger partial charge in [-0.1, -0.05) is 20.8 Å². The van der Waals surface area contributed by atoms with Crippen molar-refractivity contribution in [2.45, 2.75) is 135 Å². The number of carbonyl (C=O) groups is 14. The van der Waals surface area contributed by atoms with E-state index in [4.69, 9.17) is 0 Å². The number of aliphatic hydroxyl groups is 2. The van der Waals surface area contributed by atoms with Crippen molar-refractivity contribution in [1.29, 1.82) is 0 Å². The van der Waals surface area contributed by atoms with Gasteiger partial charge in [-0.3, -0.25) is 96.5 Å². The predicted molar refractivity (Wildman–Crippen MR) is 350 cm³/mol. The fourth-order valence-electron chi connectivity index (χ4n) is 16.2. The summed E-state index contributed by atoms with van der Waals surface area (Å²) in [6.07, 6.45) is 0.465. The van der Waals surface area contributed by atoms with Crippen LogP contribution < -0.4 is 16.0 Å². The molecule has 4 fully saturated rings. The molecule has 4 aliphatic carbocycles. The number of anilines is 2. The molecule has 4 aliphatic rings. The van der Waals surface area contributed by atoms with Crippen LogP contribution in [-0.4, -0.2) is 314 Å². The number of carbonyl (C=O) groups excluding carboxylic acids is 3. The van der Waals surface area contributed by atoms with E-state index >= 15 is 0 Å². The van der Waals surface area contributed by atoms with Gasteiger partial charge in [0.15, 0.2) is 0 Å². The molecule has 101 heavy (non-hydrogen) atoms. The molecule has 36 nitrogen and oxygen atoms in total. The largest absolute Gasteiger partial charge is 0.481 e. The molecule has 0 spiro atoms. The lowest BCUT2D eigenvalue weighted by atomic mass is 9.43. The molecule has 8 unspecified atom stereocenters. The zero-order valence-corrected chi connectivity index (χ0v) is 56.8. The molecule has 36 heteroatoms. The van der Waals surface area contributed by atoms with E-state index in [1.165, 1.54) is 28.0 Å². The first-order valence-electron chi connectivity index (χ1n) is 33.5. The Morgan fingerprint density at radius 3 is 1.21 bits per heavy atom. The second-order valence-corrected chi connectivity index (χ2v) is 27.7. The molecule has 1 aromatic rings. The van der Waals surface area contributed by atoms with Gasteiger partial charge in [-0.05, 0) is 129 Å². The van der Waals surface area contributed by atoms with Crippen molar-refractivity contribution in [3.05, 3.63) is 23.8 Å². The maximum absolute atomic E-state index is 14.7. The van der Waals surface area contributed by atoms with E-state index in [9.17, 15) is 134 Å². The summed E-state index contributed by atoms with van der Waals surface area (Å²) in [6.45, 7) is -3.23. The number of carboxylic acid groups (broad SMARTS) is 11. The van der Waals surface area contributed by atoms with E-state index in [2.05, 4.69) is 29.8 Å². The number of nitrogens with zero attached hydrogens (tertiary/aromatic N) is 6. The minimum absolute atomic E-state index is 0.00292. The van der Waals surface area contributed by atoms with Gasteiger partial charge in [0, 0.05) is 94.6 Å². The zero-order valence-electron chi connectivity index (χ0n) is 56.8. The summed E-state index contributed by atoms with van der Waals surface area (Å²) < 4.78 is 0. The molecule has 0 radical (unpaired) electrons. The summed E-state index contributed by atoms with van der Waals surface area (Å²) >= 11 is 0. The fourth-order valence-corrected chi connectivity index (χ4v) is 16.2. The van der Waals surface area contributed by atoms with Gasteiger partial charge in [-0.15, -0.1) is 0 Å². The zero-order chi connectivity index (χ0) is 75.4. The van der Waals surface area contributed by atoms with Gasteiger partial charge in [-0.25, -0.2) is 0 Å². The van der Waals surface area contributed by atoms with Crippen LogP contribution in [0.5, 0.6) is 0 Å². The lowest BCUT2D eigenvalue weighted by Crippen LogP contribution is -2.63. The Morgan fingerprint density at radius 2 is 0.851 bits per heavy atom. The van der Waals surface area contributed by atoms with Gasteiger partial charge < -0.3 is 82.3 Å². The van der Waals surface area contributed by atoms with Crippen LogP contribution >= 0.6 is 0 Å². The van der Waals surface area contributed by atoms with E-state index in [0.29, 0.717) is 38.5 Å². The monoisotopic (exact) mass is 1440 g/mol. The number of rotatable bonds is 46. The quantitative estimate of drug-likeness (QED) is 0.0399. The molecule has 0 heterocycles. The molecule has 1 aromatic carbocycles. The van der Waals surface area contributed by atoms with Crippen molar-refractivity contribution in [2.24, 2.45) is 46.3 Å². The molecule has 0 aliphatic heterocycles. The van der Waals surface area contributed by atoms with E-state index in [-0.39, 0.29) is 117 Å². The van der Waals surface area contributed by atoms with Crippen molar-refractivity contribution in [1.82, 2.24) is 34.7 Å². The van der Waals surface area contributed by atoms with Crippen LogP contribution in [0.4, 0.5) is 11.4 Å². The van der Waals surface area contributed by atoms with Gasteiger partial charge in [0.2, 0.25) is 11.8 Å². The minimum atomic E-state index is -1.65. The fraction of sp³-hybridized carbons (Fsp3) is 0.692. The van der Waals surface area contributed by atoms with E-state index in [1.807, 2.05) is 6.92 Å². The smallest absolute Gasteiger partial charge is 0.320 e. The molecule has 0 bridgehead atoms. The van der Waals surface area contributed by atoms with E-state index in [0.717, 1.165) is 32.4 Å². The normalized spacial score (nSPS) is 24.0. The van der Waals surface area contributed by atoms with Crippen LogP contribution in [0.2, 0.25) is 0 Å². The van der Waals surface area contributed by atoms with Crippen molar-refractivity contribution < 1.29 is 134 Å². The standard InChI is InChI=1S/C65H97N9O27/c1-36(4-11-51(79)80)42-5-6-43-60-44(27-48(76)65(42,43)3)64(2)13-12-39(24-38(64)25-47(60)75)68-61(97)37-22-40(66-49(77)9-7-45(62(98)99)73(18-14-69(28-52(81)82)29-53(83)84)19-15-70(30-54(85)86)31-55(87)88)26-41(23-37)67-50(78)10-8-46(63(100)101)74(20-16-71(32-56(89)90)33-57(91)92)21-17-72(34-58(93)94)35-59(95)96/h22-23,26,36,38-39,42-48,60,75-76H,4-21,24-25,27-35H2,1-3H3,(H,66,77)(H,67,78)(H,68,97)(H,79,80)(H,81,82)(H,83,84)(H,85,86)(H,87,88)(H,89,90)(H,91,92)(H,93,94)(H,95,96)(H,98,99)(H,100,101)/t36?,38?,39?,42?,43?,44?,45-,46-,47?,48-,60?,64-,65+/m0/s1. The molecule has 13 atom stereocenters. The summed E-state index contributed by atoms with van der Waals surface area (Å²) in [6, 6.07) is -0.0889.